The van der Waals surface area contributed by atoms with Gasteiger partial charge in [-0.15, -0.1) is 11.3 Å². The molecule has 2 aromatic rings. The fourth-order valence-corrected chi connectivity index (χ4v) is 3.81. The van der Waals surface area contributed by atoms with E-state index in [0.29, 0.717) is 15.0 Å². The quantitative estimate of drug-likeness (QED) is 0.518. The number of ether oxygens (including phenoxy) is 2. The Hall–Kier alpha value is -2.04. The summed E-state index contributed by atoms with van der Waals surface area (Å²) in [4.78, 5) is 24.2. The van der Waals surface area contributed by atoms with Gasteiger partial charge in [0.15, 0.2) is 5.11 Å². The zero-order valence-electron chi connectivity index (χ0n) is 13.9. The van der Waals surface area contributed by atoms with Gasteiger partial charge in [0.25, 0.3) is 0 Å². The molecule has 0 fully saturated rings. The Morgan fingerprint density at radius 3 is 2.42 bits per heavy atom. The summed E-state index contributed by atoms with van der Waals surface area (Å²) in [5.74, 6) is -1.72. The Balaban J connectivity index is 2.31. The van der Waals surface area contributed by atoms with Gasteiger partial charge in [0.05, 0.1) is 25.5 Å². The van der Waals surface area contributed by atoms with Crippen LogP contribution in [0.4, 0.5) is 15.1 Å². The average Bonchev–Trinajstić information content (AvgIpc) is 2.92. The lowest BCUT2D eigenvalue weighted by Gasteiger charge is -2.11. The molecule has 0 aliphatic heterocycles. The minimum atomic E-state index is -0.631. The first-order valence-electron chi connectivity index (χ1n) is 7.11. The number of carbonyl (C=O) groups is 2. The number of thiophene rings is 1. The van der Waals surface area contributed by atoms with Crippen LogP contribution in [0.3, 0.4) is 0 Å². The summed E-state index contributed by atoms with van der Waals surface area (Å²) in [5.41, 5.74) is 0.735. The third-order valence-corrected chi connectivity index (χ3v) is 5.20. The first kappa shape index (κ1) is 20.3. The Labute approximate surface area is 166 Å². The number of hydrogen-bond acceptors (Lipinski definition) is 6. The summed E-state index contributed by atoms with van der Waals surface area (Å²) >= 11 is 9.34. The Bertz CT molecular complexity index is 885. The third kappa shape index (κ3) is 4.37. The van der Waals surface area contributed by atoms with E-state index in [1.54, 1.807) is 13.0 Å². The van der Waals surface area contributed by atoms with Gasteiger partial charge in [0.1, 0.15) is 15.7 Å². The minimum absolute atomic E-state index is 0.0500. The van der Waals surface area contributed by atoms with Crippen LogP contribution in [0.1, 0.15) is 25.6 Å². The molecule has 0 atom stereocenters. The van der Waals surface area contributed by atoms with Crippen molar-refractivity contribution in [2.45, 2.75) is 6.92 Å². The number of carbonyl (C=O) groups excluding carboxylic acids is 2. The predicted molar refractivity (Wildman–Crippen MR) is 106 cm³/mol. The SMILES string of the molecule is COC(=O)c1sc(NC(=S)Nc2ccc(Br)cc2F)c(C(=O)OC)c1C. The third-order valence-electron chi connectivity index (χ3n) is 3.31. The van der Waals surface area contributed by atoms with Gasteiger partial charge in [-0.2, -0.15) is 0 Å². The van der Waals surface area contributed by atoms with Crippen molar-refractivity contribution < 1.29 is 23.5 Å². The molecule has 10 heteroatoms. The van der Waals surface area contributed by atoms with E-state index in [4.69, 9.17) is 21.7 Å². The molecule has 0 saturated heterocycles. The summed E-state index contributed by atoms with van der Waals surface area (Å²) in [7, 11) is 2.48. The molecule has 0 radical (unpaired) electrons. The summed E-state index contributed by atoms with van der Waals surface area (Å²) in [6.45, 7) is 1.60. The highest BCUT2D eigenvalue weighted by molar-refractivity contribution is 9.10. The maximum atomic E-state index is 13.9. The van der Waals surface area contributed by atoms with Crippen molar-refractivity contribution in [3.05, 3.63) is 44.5 Å². The number of nitrogens with one attached hydrogen (secondary N) is 2. The van der Waals surface area contributed by atoms with E-state index in [1.165, 1.54) is 26.4 Å². The van der Waals surface area contributed by atoms with Gasteiger partial charge in [-0.25, -0.2) is 14.0 Å². The van der Waals surface area contributed by atoms with Crippen molar-refractivity contribution in [2.24, 2.45) is 0 Å². The van der Waals surface area contributed by atoms with E-state index < -0.39 is 17.8 Å². The summed E-state index contributed by atoms with van der Waals surface area (Å²) < 4.78 is 24.0. The fraction of sp³-hybridized carbons (Fsp3) is 0.188. The van der Waals surface area contributed by atoms with E-state index in [1.807, 2.05) is 0 Å². The molecule has 0 bridgehead atoms. The maximum Gasteiger partial charge on any atom is 0.348 e. The van der Waals surface area contributed by atoms with Crippen molar-refractivity contribution in [1.82, 2.24) is 0 Å². The molecule has 138 valence electrons. The number of halogens is 2. The molecular weight excluding hydrogens is 447 g/mol. The Morgan fingerprint density at radius 2 is 1.85 bits per heavy atom. The van der Waals surface area contributed by atoms with Crippen molar-refractivity contribution in [3.8, 4) is 0 Å². The molecule has 6 nitrogen and oxygen atoms in total. The summed E-state index contributed by atoms with van der Waals surface area (Å²) in [6.07, 6.45) is 0. The molecule has 1 aromatic heterocycles. The lowest BCUT2D eigenvalue weighted by atomic mass is 10.1. The minimum Gasteiger partial charge on any atom is -0.465 e. The second kappa shape index (κ2) is 8.56. The molecule has 0 aliphatic carbocycles. The molecule has 0 amide bonds. The average molecular weight is 461 g/mol. The van der Waals surface area contributed by atoms with Crippen molar-refractivity contribution in [3.63, 3.8) is 0 Å². The van der Waals surface area contributed by atoms with Crippen LogP contribution >= 0.6 is 39.5 Å². The van der Waals surface area contributed by atoms with E-state index in [9.17, 15) is 14.0 Å². The van der Waals surface area contributed by atoms with Crippen molar-refractivity contribution >= 4 is 67.2 Å². The van der Waals surface area contributed by atoms with Gasteiger partial charge in [-0.3, -0.25) is 0 Å². The molecule has 0 unspecified atom stereocenters. The van der Waals surface area contributed by atoms with Crippen molar-refractivity contribution in [1.29, 1.82) is 0 Å². The molecule has 2 N–H and O–H groups in total. The largest absolute Gasteiger partial charge is 0.465 e. The van der Waals surface area contributed by atoms with E-state index in [0.717, 1.165) is 11.3 Å². The number of benzene rings is 1. The zero-order chi connectivity index (χ0) is 19.4. The van der Waals surface area contributed by atoms with Crippen LogP contribution in [-0.4, -0.2) is 31.3 Å². The van der Waals surface area contributed by atoms with Crippen LogP contribution in [0.15, 0.2) is 22.7 Å². The van der Waals surface area contributed by atoms with Crippen LogP contribution in [0.2, 0.25) is 0 Å². The second-order valence-electron chi connectivity index (χ2n) is 4.95. The Kier molecular flexibility index (Phi) is 6.68. The number of hydrogen-bond donors (Lipinski definition) is 2. The Morgan fingerprint density at radius 1 is 1.19 bits per heavy atom. The molecule has 1 aromatic carbocycles. The van der Waals surface area contributed by atoms with E-state index in [2.05, 4.69) is 26.6 Å². The monoisotopic (exact) mass is 460 g/mol. The van der Waals surface area contributed by atoms with Crippen LogP contribution in [0, 0.1) is 12.7 Å². The van der Waals surface area contributed by atoms with Crippen LogP contribution in [0.5, 0.6) is 0 Å². The molecule has 1 heterocycles. The number of rotatable bonds is 4. The second-order valence-corrected chi connectivity index (χ2v) is 7.29. The van der Waals surface area contributed by atoms with Gasteiger partial charge in [0, 0.05) is 4.47 Å². The van der Waals surface area contributed by atoms with Gasteiger partial charge >= 0.3 is 11.9 Å². The normalized spacial score (nSPS) is 10.2. The number of anilines is 2. The number of methoxy groups -OCH3 is 2. The van der Waals surface area contributed by atoms with Gasteiger partial charge < -0.3 is 20.1 Å². The molecule has 0 spiro atoms. The first-order valence-corrected chi connectivity index (χ1v) is 9.13. The highest BCUT2D eigenvalue weighted by Crippen LogP contribution is 2.34. The summed E-state index contributed by atoms with van der Waals surface area (Å²) in [6, 6.07) is 4.45. The molecule has 0 aliphatic rings. The zero-order valence-corrected chi connectivity index (χ0v) is 17.2. The van der Waals surface area contributed by atoms with E-state index in [-0.39, 0.29) is 21.2 Å². The molecule has 26 heavy (non-hydrogen) atoms. The smallest absolute Gasteiger partial charge is 0.348 e. The highest BCUT2D eigenvalue weighted by Gasteiger charge is 2.26. The lowest BCUT2D eigenvalue weighted by molar-refractivity contribution is 0.0601. The van der Waals surface area contributed by atoms with Gasteiger partial charge in [-0.1, -0.05) is 15.9 Å². The van der Waals surface area contributed by atoms with Crippen LogP contribution < -0.4 is 10.6 Å². The van der Waals surface area contributed by atoms with E-state index >= 15 is 0 Å². The lowest BCUT2D eigenvalue weighted by Crippen LogP contribution is -2.20. The number of esters is 2. The standard InChI is InChI=1S/C16H14BrFN2O4S2/c1-7-11(14(21)23-2)13(26-12(7)15(22)24-3)20-16(25)19-10-5-4-8(17)6-9(10)18/h4-6H,1-3H3,(H2,19,20,25). The van der Waals surface area contributed by atoms with Gasteiger partial charge in [-0.05, 0) is 42.9 Å². The fourth-order valence-electron chi connectivity index (χ4n) is 2.08. The molecule has 2 rings (SSSR count). The topological polar surface area (TPSA) is 76.7 Å². The molecular formula is C16H14BrFN2O4S2. The number of thiocarbonyl (C=S) groups is 1. The highest BCUT2D eigenvalue weighted by atomic mass is 79.9. The maximum absolute atomic E-state index is 13.9. The first-order chi connectivity index (χ1) is 12.3. The molecule has 0 saturated carbocycles. The predicted octanol–water partition coefficient (Wildman–Crippen LogP) is 4.34. The van der Waals surface area contributed by atoms with Gasteiger partial charge in [0.2, 0.25) is 0 Å². The summed E-state index contributed by atoms with van der Waals surface area (Å²) in [5, 5.41) is 5.86. The van der Waals surface area contributed by atoms with Crippen molar-refractivity contribution in [2.75, 3.05) is 24.9 Å². The van der Waals surface area contributed by atoms with Crippen LogP contribution in [0.25, 0.3) is 0 Å². The van der Waals surface area contributed by atoms with Crippen LogP contribution in [-0.2, 0) is 9.47 Å².